The monoisotopic (exact) mass is 331 g/mol. The van der Waals surface area contributed by atoms with Gasteiger partial charge in [-0.2, -0.15) is 0 Å². The van der Waals surface area contributed by atoms with E-state index in [1.807, 2.05) is 18.5 Å². The van der Waals surface area contributed by atoms with Gasteiger partial charge in [-0.1, -0.05) is 11.8 Å². The second kappa shape index (κ2) is 5.79. The molecule has 2 fully saturated rings. The Balaban J connectivity index is 1.75. The number of anilines is 1. The van der Waals surface area contributed by atoms with E-state index in [9.17, 15) is 4.79 Å². The number of aromatic nitrogens is 3. The molecule has 1 N–H and O–H groups in total. The van der Waals surface area contributed by atoms with Crippen LogP contribution in [0.25, 0.3) is 11.0 Å². The van der Waals surface area contributed by atoms with Crippen molar-refractivity contribution in [3.63, 3.8) is 0 Å². The number of nitrogens with zero attached hydrogens (tertiary/aromatic N) is 4. The van der Waals surface area contributed by atoms with Crippen LogP contribution in [0.3, 0.4) is 0 Å². The fraction of sp³-hybridized carbons (Fsp3) is 0.562. The van der Waals surface area contributed by atoms with Crippen molar-refractivity contribution in [1.82, 2.24) is 19.9 Å². The minimum absolute atomic E-state index is 0.0349. The molecule has 0 aliphatic carbocycles. The van der Waals surface area contributed by atoms with Crippen LogP contribution in [-0.4, -0.2) is 47.0 Å². The molecule has 0 bridgehead atoms. The molecule has 2 atom stereocenters. The molecule has 23 heavy (non-hydrogen) atoms. The van der Waals surface area contributed by atoms with Gasteiger partial charge < -0.3 is 10.2 Å². The van der Waals surface area contributed by atoms with Crippen LogP contribution < -0.4 is 15.8 Å². The highest BCUT2D eigenvalue weighted by Gasteiger charge is 2.33. The third-order valence-corrected chi connectivity index (χ3v) is 5.70. The lowest BCUT2D eigenvalue weighted by Crippen LogP contribution is -2.43. The first-order valence-corrected chi connectivity index (χ1v) is 9.26. The van der Waals surface area contributed by atoms with Crippen molar-refractivity contribution in [2.75, 3.05) is 37.3 Å². The molecule has 0 radical (unpaired) electrons. The first-order valence-electron chi connectivity index (χ1n) is 8.04. The van der Waals surface area contributed by atoms with E-state index in [-0.39, 0.29) is 5.56 Å². The Morgan fingerprint density at radius 2 is 2.17 bits per heavy atom. The van der Waals surface area contributed by atoms with Crippen molar-refractivity contribution in [3.8, 4) is 0 Å². The fourth-order valence-electron chi connectivity index (χ4n) is 3.79. The summed E-state index contributed by atoms with van der Waals surface area (Å²) >= 11 is 1.49. The summed E-state index contributed by atoms with van der Waals surface area (Å²) < 4.78 is 1.66. The Morgan fingerprint density at radius 3 is 3.00 bits per heavy atom. The van der Waals surface area contributed by atoms with Crippen LogP contribution in [0.4, 0.5) is 5.69 Å². The fourth-order valence-corrected chi connectivity index (χ4v) is 4.13. The number of aryl methyl sites for hydroxylation is 1. The molecule has 2 aliphatic rings. The highest BCUT2D eigenvalue weighted by Crippen LogP contribution is 2.29. The standard InChI is InChI=1S/C16H21N5OS/c1-20-14-11(8-18-16(19-14)23-2)5-13(15(20)22)21-4-3-10-6-17-7-12(10)9-21/h5,8,10,12,17H,3-4,6-7,9H2,1-2H3/t10?,12-/m0/s1. The lowest BCUT2D eigenvalue weighted by molar-refractivity contribution is 0.348. The summed E-state index contributed by atoms with van der Waals surface area (Å²) in [6.07, 6.45) is 4.91. The Morgan fingerprint density at radius 1 is 1.35 bits per heavy atom. The number of hydrogen-bond acceptors (Lipinski definition) is 6. The van der Waals surface area contributed by atoms with Gasteiger partial charge in [0.2, 0.25) is 0 Å². The molecule has 0 aromatic carbocycles. The molecule has 0 spiro atoms. The van der Waals surface area contributed by atoms with Crippen molar-refractivity contribution in [2.45, 2.75) is 11.6 Å². The zero-order chi connectivity index (χ0) is 16.0. The number of hydrogen-bond donors (Lipinski definition) is 1. The predicted molar refractivity (Wildman–Crippen MR) is 93.2 cm³/mol. The van der Waals surface area contributed by atoms with Gasteiger partial charge in [0.05, 0.1) is 0 Å². The van der Waals surface area contributed by atoms with Gasteiger partial charge in [0.25, 0.3) is 5.56 Å². The molecule has 0 saturated carbocycles. The van der Waals surface area contributed by atoms with Gasteiger partial charge in [0.15, 0.2) is 5.16 Å². The molecule has 4 heterocycles. The highest BCUT2D eigenvalue weighted by molar-refractivity contribution is 7.98. The number of pyridine rings is 1. The zero-order valence-corrected chi connectivity index (χ0v) is 14.3. The quantitative estimate of drug-likeness (QED) is 0.657. The first-order chi connectivity index (χ1) is 11.2. The Bertz CT molecular complexity index is 805. The molecule has 6 nitrogen and oxygen atoms in total. The van der Waals surface area contributed by atoms with E-state index in [0.717, 1.165) is 49.6 Å². The molecule has 7 heteroatoms. The normalized spacial score (nSPS) is 24.2. The molecule has 1 unspecified atom stereocenters. The SMILES string of the molecule is CSc1ncc2cc(N3CCC4CNC[C@H]4C3)c(=O)n(C)c2n1. The first kappa shape index (κ1) is 15.0. The summed E-state index contributed by atoms with van der Waals surface area (Å²) in [5.74, 6) is 1.42. The smallest absolute Gasteiger partial charge is 0.275 e. The number of rotatable bonds is 2. The molecule has 2 aromatic rings. The minimum atomic E-state index is 0.0349. The van der Waals surface area contributed by atoms with Gasteiger partial charge in [0.1, 0.15) is 11.3 Å². The molecular formula is C16H21N5OS. The van der Waals surface area contributed by atoms with Gasteiger partial charge in [-0.3, -0.25) is 9.36 Å². The predicted octanol–water partition coefficient (Wildman–Crippen LogP) is 1.10. The van der Waals surface area contributed by atoms with Crippen molar-refractivity contribution in [2.24, 2.45) is 18.9 Å². The number of fused-ring (bicyclic) bond motifs is 2. The van der Waals surface area contributed by atoms with E-state index >= 15 is 0 Å². The number of nitrogens with one attached hydrogen (secondary N) is 1. The number of piperidine rings is 1. The Hall–Kier alpha value is -1.60. The molecule has 2 aliphatic heterocycles. The van der Waals surface area contributed by atoms with E-state index in [1.54, 1.807) is 11.6 Å². The van der Waals surface area contributed by atoms with Crippen molar-refractivity contribution >= 4 is 28.5 Å². The van der Waals surface area contributed by atoms with Gasteiger partial charge >= 0.3 is 0 Å². The molecule has 2 saturated heterocycles. The van der Waals surface area contributed by atoms with Crippen LogP contribution >= 0.6 is 11.8 Å². The van der Waals surface area contributed by atoms with Gasteiger partial charge in [-0.15, -0.1) is 0 Å². The van der Waals surface area contributed by atoms with E-state index in [0.29, 0.717) is 16.7 Å². The largest absolute Gasteiger partial charge is 0.367 e. The third kappa shape index (κ3) is 2.52. The van der Waals surface area contributed by atoms with Crippen LogP contribution in [0.15, 0.2) is 22.2 Å². The average molecular weight is 331 g/mol. The topological polar surface area (TPSA) is 63.1 Å². The summed E-state index contributed by atoms with van der Waals surface area (Å²) in [5.41, 5.74) is 1.52. The molecule has 0 amide bonds. The molecule has 4 rings (SSSR count). The maximum absolute atomic E-state index is 12.8. The van der Waals surface area contributed by atoms with Gasteiger partial charge in [-0.05, 0) is 43.7 Å². The van der Waals surface area contributed by atoms with Crippen LogP contribution in [0.2, 0.25) is 0 Å². The Kier molecular flexibility index (Phi) is 3.77. The zero-order valence-electron chi connectivity index (χ0n) is 13.5. The second-order valence-electron chi connectivity index (χ2n) is 6.44. The maximum atomic E-state index is 12.8. The second-order valence-corrected chi connectivity index (χ2v) is 7.22. The summed E-state index contributed by atoms with van der Waals surface area (Å²) in [7, 11) is 1.80. The van der Waals surface area contributed by atoms with E-state index in [2.05, 4.69) is 20.2 Å². The summed E-state index contributed by atoms with van der Waals surface area (Å²) in [5, 5.41) is 5.09. The Labute approximate surface area is 139 Å². The lowest BCUT2D eigenvalue weighted by Gasteiger charge is -2.35. The van der Waals surface area contributed by atoms with Crippen LogP contribution in [0.5, 0.6) is 0 Å². The van der Waals surface area contributed by atoms with Crippen molar-refractivity contribution in [1.29, 1.82) is 0 Å². The summed E-state index contributed by atoms with van der Waals surface area (Å²) in [6.45, 7) is 4.10. The van der Waals surface area contributed by atoms with E-state index in [1.165, 1.54) is 11.8 Å². The van der Waals surface area contributed by atoms with Crippen LogP contribution in [0.1, 0.15) is 6.42 Å². The average Bonchev–Trinajstić information content (AvgIpc) is 3.05. The molecule has 122 valence electrons. The highest BCUT2D eigenvalue weighted by atomic mass is 32.2. The minimum Gasteiger partial charge on any atom is -0.367 e. The lowest BCUT2D eigenvalue weighted by atomic mass is 9.88. The van der Waals surface area contributed by atoms with Gasteiger partial charge in [0, 0.05) is 31.7 Å². The van der Waals surface area contributed by atoms with Gasteiger partial charge in [-0.25, -0.2) is 9.97 Å². The number of thioether (sulfide) groups is 1. The summed E-state index contributed by atoms with van der Waals surface area (Å²) in [6, 6.07) is 1.96. The summed E-state index contributed by atoms with van der Waals surface area (Å²) in [4.78, 5) is 23.9. The van der Waals surface area contributed by atoms with E-state index in [4.69, 9.17) is 0 Å². The third-order valence-electron chi connectivity index (χ3n) is 5.14. The van der Waals surface area contributed by atoms with E-state index < -0.39 is 0 Å². The van der Waals surface area contributed by atoms with Crippen molar-refractivity contribution in [3.05, 3.63) is 22.6 Å². The molecular weight excluding hydrogens is 310 g/mol. The molecule has 2 aromatic heterocycles. The van der Waals surface area contributed by atoms with Crippen molar-refractivity contribution < 1.29 is 0 Å². The van der Waals surface area contributed by atoms with Crippen LogP contribution in [0, 0.1) is 11.8 Å². The van der Waals surface area contributed by atoms with Crippen LogP contribution in [-0.2, 0) is 7.05 Å². The maximum Gasteiger partial charge on any atom is 0.275 e.